The van der Waals surface area contributed by atoms with Gasteiger partial charge in [0.1, 0.15) is 6.04 Å². The van der Waals surface area contributed by atoms with E-state index < -0.39 is 12.0 Å². The topological polar surface area (TPSA) is 61.4 Å². The molecule has 0 amide bonds. The first-order valence-corrected chi connectivity index (χ1v) is 4.18. The Kier molecular flexibility index (Phi) is 5.66. The molecule has 0 aromatic carbocycles. The van der Waals surface area contributed by atoms with E-state index in [2.05, 4.69) is 24.5 Å². The van der Waals surface area contributed by atoms with Gasteiger partial charge in [-0.1, -0.05) is 13.8 Å². The van der Waals surface area contributed by atoms with Crippen LogP contribution < -0.4 is 10.6 Å². The molecule has 72 valence electrons. The zero-order chi connectivity index (χ0) is 9.56. The number of carboxylic acid groups (broad SMARTS) is 1. The third-order valence-corrected chi connectivity index (χ3v) is 1.55. The highest BCUT2D eigenvalue weighted by atomic mass is 16.4. The van der Waals surface area contributed by atoms with E-state index in [1.54, 1.807) is 7.05 Å². The Bertz CT molecular complexity index is 137. The van der Waals surface area contributed by atoms with Crippen LogP contribution in [0.2, 0.25) is 0 Å². The minimum atomic E-state index is -0.811. The monoisotopic (exact) mass is 174 g/mol. The highest BCUT2D eigenvalue weighted by Crippen LogP contribution is 1.87. The molecule has 1 atom stereocenters. The van der Waals surface area contributed by atoms with Gasteiger partial charge in [-0.15, -0.1) is 0 Å². The van der Waals surface area contributed by atoms with Gasteiger partial charge in [-0.3, -0.25) is 4.79 Å². The Morgan fingerprint density at radius 3 is 2.33 bits per heavy atom. The standard InChI is InChI=1S/C8H18N2O2/c1-6(2)4-10-5-7(9-3)8(11)12/h6-7,9-10H,4-5H2,1-3H3,(H,11,12). The summed E-state index contributed by atoms with van der Waals surface area (Å²) in [7, 11) is 1.65. The summed E-state index contributed by atoms with van der Waals surface area (Å²) in [5.74, 6) is -0.259. The molecule has 0 heterocycles. The summed E-state index contributed by atoms with van der Waals surface area (Å²) in [6, 6.07) is -0.483. The maximum absolute atomic E-state index is 10.5. The van der Waals surface area contributed by atoms with Crippen molar-refractivity contribution >= 4 is 5.97 Å². The summed E-state index contributed by atoms with van der Waals surface area (Å²) in [4.78, 5) is 10.5. The third-order valence-electron chi connectivity index (χ3n) is 1.55. The molecule has 0 aliphatic carbocycles. The number of carbonyl (C=O) groups is 1. The van der Waals surface area contributed by atoms with Gasteiger partial charge in [0.05, 0.1) is 0 Å². The summed E-state index contributed by atoms with van der Waals surface area (Å²) in [6.45, 7) is 5.50. The van der Waals surface area contributed by atoms with E-state index in [4.69, 9.17) is 5.11 Å². The van der Waals surface area contributed by atoms with Crippen LogP contribution in [0.5, 0.6) is 0 Å². The molecule has 3 N–H and O–H groups in total. The Morgan fingerprint density at radius 1 is 1.42 bits per heavy atom. The first kappa shape index (κ1) is 11.4. The van der Waals surface area contributed by atoms with Gasteiger partial charge in [0, 0.05) is 6.54 Å². The Hall–Kier alpha value is -0.610. The highest BCUT2D eigenvalue weighted by molar-refractivity contribution is 5.73. The first-order chi connectivity index (χ1) is 5.57. The molecule has 12 heavy (non-hydrogen) atoms. The fourth-order valence-electron chi connectivity index (χ4n) is 0.829. The van der Waals surface area contributed by atoms with E-state index in [0.717, 1.165) is 6.54 Å². The zero-order valence-corrected chi connectivity index (χ0v) is 7.92. The van der Waals surface area contributed by atoms with E-state index >= 15 is 0 Å². The first-order valence-electron chi connectivity index (χ1n) is 4.18. The minimum absolute atomic E-state index is 0.476. The fraction of sp³-hybridized carbons (Fsp3) is 0.875. The van der Waals surface area contributed by atoms with Crippen molar-refractivity contribution in [1.29, 1.82) is 0 Å². The lowest BCUT2D eigenvalue weighted by Crippen LogP contribution is -2.43. The Labute approximate surface area is 73.3 Å². The molecule has 4 nitrogen and oxygen atoms in total. The van der Waals surface area contributed by atoms with Gasteiger partial charge < -0.3 is 15.7 Å². The summed E-state index contributed by atoms with van der Waals surface area (Å²) in [6.07, 6.45) is 0. The van der Waals surface area contributed by atoms with Crippen molar-refractivity contribution in [3.8, 4) is 0 Å². The number of carboxylic acids is 1. The Morgan fingerprint density at radius 2 is 2.00 bits per heavy atom. The van der Waals surface area contributed by atoms with E-state index in [0.29, 0.717) is 12.5 Å². The van der Waals surface area contributed by atoms with Crippen LogP contribution in [-0.4, -0.2) is 37.3 Å². The average Bonchev–Trinajstić information content (AvgIpc) is 1.96. The second-order valence-corrected chi connectivity index (χ2v) is 3.23. The van der Waals surface area contributed by atoms with Crippen LogP contribution in [0.15, 0.2) is 0 Å². The van der Waals surface area contributed by atoms with Crippen molar-refractivity contribution in [2.45, 2.75) is 19.9 Å². The largest absolute Gasteiger partial charge is 0.480 e. The smallest absolute Gasteiger partial charge is 0.322 e. The fourth-order valence-corrected chi connectivity index (χ4v) is 0.829. The van der Waals surface area contributed by atoms with Crippen LogP contribution in [0.3, 0.4) is 0 Å². The van der Waals surface area contributed by atoms with Crippen LogP contribution >= 0.6 is 0 Å². The van der Waals surface area contributed by atoms with Gasteiger partial charge in [0.15, 0.2) is 0 Å². The molecule has 0 saturated carbocycles. The number of aliphatic carboxylic acids is 1. The summed E-state index contributed by atoms with van der Waals surface area (Å²) in [5, 5.41) is 14.4. The third kappa shape index (κ3) is 5.09. The van der Waals surface area contributed by atoms with Crippen LogP contribution in [0.25, 0.3) is 0 Å². The lowest BCUT2D eigenvalue weighted by Gasteiger charge is -2.13. The molecule has 0 saturated heterocycles. The minimum Gasteiger partial charge on any atom is -0.480 e. The second-order valence-electron chi connectivity index (χ2n) is 3.23. The lowest BCUT2D eigenvalue weighted by molar-refractivity contribution is -0.139. The number of rotatable bonds is 6. The van der Waals surface area contributed by atoms with E-state index in [9.17, 15) is 4.79 Å². The van der Waals surface area contributed by atoms with Crippen molar-refractivity contribution in [2.75, 3.05) is 20.1 Å². The molecule has 1 unspecified atom stereocenters. The second kappa shape index (κ2) is 5.97. The van der Waals surface area contributed by atoms with Gasteiger partial charge in [0.25, 0.3) is 0 Å². The van der Waals surface area contributed by atoms with Gasteiger partial charge in [-0.2, -0.15) is 0 Å². The highest BCUT2D eigenvalue weighted by Gasteiger charge is 2.13. The van der Waals surface area contributed by atoms with Crippen molar-refractivity contribution < 1.29 is 9.90 Å². The molecule has 4 heteroatoms. The predicted molar refractivity (Wildman–Crippen MR) is 48.2 cm³/mol. The van der Waals surface area contributed by atoms with Crippen LogP contribution in [-0.2, 0) is 4.79 Å². The summed E-state index contributed by atoms with van der Waals surface area (Å²) >= 11 is 0. The van der Waals surface area contributed by atoms with E-state index in [-0.39, 0.29) is 0 Å². The molecular weight excluding hydrogens is 156 g/mol. The van der Waals surface area contributed by atoms with E-state index in [1.165, 1.54) is 0 Å². The SMILES string of the molecule is CNC(CNCC(C)C)C(=O)O. The molecule has 0 aliphatic heterocycles. The van der Waals surface area contributed by atoms with Crippen LogP contribution in [0.4, 0.5) is 0 Å². The summed E-state index contributed by atoms with van der Waals surface area (Å²) < 4.78 is 0. The molecule has 0 aromatic heterocycles. The molecule has 0 aliphatic rings. The van der Waals surface area contributed by atoms with Gasteiger partial charge in [-0.25, -0.2) is 0 Å². The molecule has 0 aromatic rings. The lowest BCUT2D eigenvalue weighted by atomic mass is 10.2. The molecule has 0 bridgehead atoms. The number of likely N-dealkylation sites (N-methyl/N-ethyl adjacent to an activating group) is 1. The Balaban J connectivity index is 3.52. The van der Waals surface area contributed by atoms with E-state index in [1.807, 2.05) is 0 Å². The van der Waals surface area contributed by atoms with Gasteiger partial charge in [0.2, 0.25) is 0 Å². The molecular formula is C8H18N2O2. The van der Waals surface area contributed by atoms with Crippen LogP contribution in [0, 0.1) is 5.92 Å². The normalized spacial score (nSPS) is 13.3. The quantitative estimate of drug-likeness (QED) is 0.526. The maximum Gasteiger partial charge on any atom is 0.322 e. The van der Waals surface area contributed by atoms with Crippen LogP contribution in [0.1, 0.15) is 13.8 Å². The van der Waals surface area contributed by atoms with Crippen molar-refractivity contribution in [3.05, 3.63) is 0 Å². The van der Waals surface area contributed by atoms with Gasteiger partial charge in [-0.05, 0) is 19.5 Å². The van der Waals surface area contributed by atoms with Crippen molar-refractivity contribution in [3.63, 3.8) is 0 Å². The zero-order valence-electron chi connectivity index (χ0n) is 7.92. The number of hydrogen-bond acceptors (Lipinski definition) is 3. The molecule has 0 radical (unpaired) electrons. The predicted octanol–water partition coefficient (Wildman–Crippen LogP) is -0.0954. The average molecular weight is 174 g/mol. The number of nitrogens with one attached hydrogen (secondary N) is 2. The van der Waals surface area contributed by atoms with Crippen molar-refractivity contribution in [1.82, 2.24) is 10.6 Å². The summed E-state index contributed by atoms with van der Waals surface area (Å²) in [5.41, 5.74) is 0. The number of hydrogen-bond donors (Lipinski definition) is 3. The maximum atomic E-state index is 10.5. The van der Waals surface area contributed by atoms with Crippen molar-refractivity contribution in [2.24, 2.45) is 5.92 Å². The molecule has 0 rings (SSSR count). The van der Waals surface area contributed by atoms with Gasteiger partial charge >= 0.3 is 5.97 Å². The molecule has 0 fully saturated rings. The molecule has 0 spiro atoms.